The number of carbonyl (C=O) groups is 1. The van der Waals surface area contributed by atoms with Crippen LogP contribution in [-0.4, -0.2) is 6.29 Å². The first-order valence-electron chi connectivity index (χ1n) is 4.76. The lowest BCUT2D eigenvalue weighted by Gasteiger charge is -2.08. The van der Waals surface area contributed by atoms with E-state index in [1.165, 1.54) is 24.8 Å². The molecule has 0 heterocycles. The van der Waals surface area contributed by atoms with E-state index in [1.807, 2.05) is 0 Å². The molecule has 0 aromatic rings. The first kappa shape index (κ1) is 9.50. The van der Waals surface area contributed by atoms with E-state index in [4.69, 9.17) is 0 Å². The SMILES string of the molecule is CC(C)=CCCC1(CC=O)CC1. The number of aldehydes is 1. The minimum absolute atomic E-state index is 0.424. The number of rotatable bonds is 5. The third kappa shape index (κ3) is 2.80. The van der Waals surface area contributed by atoms with E-state index in [-0.39, 0.29) is 0 Å². The summed E-state index contributed by atoms with van der Waals surface area (Å²) in [6, 6.07) is 0. The third-order valence-corrected chi connectivity index (χ3v) is 2.70. The Morgan fingerprint density at radius 2 is 2.08 bits per heavy atom. The van der Waals surface area contributed by atoms with Gasteiger partial charge >= 0.3 is 0 Å². The van der Waals surface area contributed by atoms with Crippen LogP contribution in [0.25, 0.3) is 0 Å². The van der Waals surface area contributed by atoms with Gasteiger partial charge in [0, 0.05) is 6.42 Å². The molecule has 1 rings (SSSR count). The lowest BCUT2D eigenvalue weighted by atomic mass is 9.96. The molecule has 0 amide bonds. The molecule has 0 aromatic heterocycles. The summed E-state index contributed by atoms with van der Waals surface area (Å²) in [5.41, 5.74) is 1.81. The van der Waals surface area contributed by atoms with Gasteiger partial charge in [-0.2, -0.15) is 0 Å². The van der Waals surface area contributed by atoms with Crippen molar-refractivity contribution in [2.75, 3.05) is 0 Å². The zero-order valence-corrected chi connectivity index (χ0v) is 8.10. The molecule has 0 aliphatic heterocycles. The van der Waals surface area contributed by atoms with Crippen LogP contribution in [-0.2, 0) is 4.79 Å². The van der Waals surface area contributed by atoms with Crippen molar-refractivity contribution in [1.29, 1.82) is 0 Å². The number of hydrogen-bond donors (Lipinski definition) is 0. The highest BCUT2D eigenvalue weighted by atomic mass is 16.1. The van der Waals surface area contributed by atoms with E-state index in [1.54, 1.807) is 0 Å². The molecule has 1 fully saturated rings. The Labute approximate surface area is 74.9 Å². The normalized spacial score (nSPS) is 18.5. The molecule has 1 aliphatic rings. The van der Waals surface area contributed by atoms with Gasteiger partial charge in [0.25, 0.3) is 0 Å². The van der Waals surface area contributed by atoms with Crippen LogP contribution in [0.4, 0.5) is 0 Å². The van der Waals surface area contributed by atoms with Crippen molar-refractivity contribution in [1.82, 2.24) is 0 Å². The maximum absolute atomic E-state index is 10.3. The quantitative estimate of drug-likeness (QED) is 0.453. The summed E-state index contributed by atoms with van der Waals surface area (Å²) in [7, 11) is 0. The molecule has 68 valence electrons. The summed E-state index contributed by atoms with van der Waals surface area (Å²) >= 11 is 0. The van der Waals surface area contributed by atoms with Crippen LogP contribution in [0.2, 0.25) is 0 Å². The molecule has 1 heteroatoms. The second-order valence-corrected chi connectivity index (χ2v) is 4.19. The first-order chi connectivity index (χ1) is 5.68. The van der Waals surface area contributed by atoms with Crippen molar-refractivity contribution in [3.8, 4) is 0 Å². The van der Waals surface area contributed by atoms with Gasteiger partial charge in [0.1, 0.15) is 6.29 Å². The smallest absolute Gasteiger partial charge is 0.120 e. The average molecular weight is 166 g/mol. The van der Waals surface area contributed by atoms with Crippen LogP contribution in [0.1, 0.15) is 46.0 Å². The molecule has 0 saturated heterocycles. The van der Waals surface area contributed by atoms with Gasteiger partial charge in [0.05, 0.1) is 0 Å². The maximum atomic E-state index is 10.3. The Balaban J connectivity index is 2.22. The zero-order chi connectivity index (χ0) is 9.03. The zero-order valence-electron chi connectivity index (χ0n) is 8.10. The topological polar surface area (TPSA) is 17.1 Å². The molecule has 0 N–H and O–H groups in total. The van der Waals surface area contributed by atoms with Crippen molar-refractivity contribution < 1.29 is 4.79 Å². The summed E-state index contributed by atoms with van der Waals surface area (Å²) in [6.45, 7) is 4.25. The molecule has 12 heavy (non-hydrogen) atoms. The molecule has 0 atom stereocenters. The third-order valence-electron chi connectivity index (χ3n) is 2.70. The van der Waals surface area contributed by atoms with E-state index in [0.717, 1.165) is 19.1 Å². The van der Waals surface area contributed by atoms with Gasteiger partial charge in [-0.25, -0.2) is 0 Å². The van der Waals surface area contributed by atoms with Gasteiger partial charge in [0.2, 0.25) is 0 Å². The predicted molar refractivity (Wildman–Crippen MR) is 51.0 cm³/mol. The fourth-order valence-corrected chi connectivity index (χ4v) is 1.58. The second kappa shape index (κ2) is 3.88. The Hall–Kier alpha value is -0.590. The van der Waals surface area contributed by atoms with Gasteiger partial charge in [-0.1, -0.05) is 11.6 Å². The summed E-state index contributed by atoms with van der Waals surface area (Å²) in [6.07, 6.45) is 9.02. The predicted octanol–water partition coefficient (Wildman–Crippen LogP) is 3.10. The summed E-state index contributed by atoms with van der Waals surface area (Å²) in [5.74, 6) is 0. The van der Waals surface area contributed by atoms with Crippen molar-refractivity contribution in [3.63, 3.8) is 0 Å². The number of hydrogen-bond acceptors (Lipinski definition) is 1. The Morgan fingerprint density at radius 1 is 1.42 bits per heavy atom. The first-order valence-corrected chi connectivity index (χ1v) is 4.76. The summed E-state index contributed by atoms with van der Waals surface area (Å²) in [4.78, 5) is 10.3. The van der Waals surface area contributed by atoms with Crippen LogP contribution < -0.4 is 0 Å². The molecule has 1 nitrogen and oxygen atoms in total. The Bertz CT molecular complexity index is 183. The van der Waals surface area contributed by atoms with Crippen LogP contribution in [0.3, 0.4) is 0 Å². The van der Waals surface area contributed by atoms with Crippen LogP contribution in [0.15, 0.2) is 11.6 Å². The maximum Gasteiger partial charge on any atom is 0.120 e. The molecule has 0 bridgehead atoms. The highest BCUT2D eigenvalue weighted by molar-refractivity contribution is 5.51. The van der Waals surface area contributed by atoms with Crippen molar-refractivity contribution in [3.05, 3.63) is 11.6 Å². The lowest BCUT2D eigenvalue weighted by Crippen LogP contribution is -1.99. The molecular formula is C11H18O. The lowest BCUT2D eigenvalue weighted by molar-refractivity contribution is -0.108. The second-order valence-electron chi connectivity index (χ2n) is 4.19. The van der Waals surface area contributed by atoms with Crippen LogP contribution in [0.5, 0.6) is 0 Å². The molecule has 0 unspecified atom stereocenters. The summed E-state index contributed by atoms with van der Waals surface area (Å²) < 4.78 is 0. The molecule has 0 spiro atoms. The molecule has 1 aliphatic carbocycles. The van der Waals surface area contributed by atoms with E-state index < -0.39 is 0 Å². The molecule has 0 radical (unpaired) electrons. The summed E-state index contributed by atoms with van der Waals surface area (Å²) in [5, 5.41) is 0. The van der Waals surface area contributed by atoms with Gasteiger partial charge in [-0.15, -0.1) is 0 Å². The fourth-order valence-electron chi connectivity index (χ4n) is 1.58. The minimum Gasteiger partial charge on any atom is -0.303 e. The molecular weight excluding hydrogens is 148 g/mol. The monoisotopic (exact) mass is 166 g/mol. The van der Waals surface area contributed by atoms with Gasteiger partial charge < -0.3 is 4.79 Å². The minimum atomic E-state index is 0.424. The number of carbonyl (C=O) groups excluding carboxylic acids is 1. The molecule has 0 aromatic carbocycles. The van der Waals surface area contributed by atoms with Crippen molar-refractivity contribution >= 4 is 6.29 Å². The van der Waals surface area contributed by atoms with Crippen LogP contribution in [0, 0.1) is 5.41 Å². The van der Waals surface area contributed by atoms with E-state index in [0.29, 0.717) is 5.41 Å². The average Bonchev–Trinajstić information content (AvgIpc) is 2.69. The highest BCUT2D eigenvalue weighted by Gasteiger charge is 2.40. The Kier molecular flexibility index (Phi) is 3.07. The van der Waals surface area contributed by atoms with Crippen LogP contribution >= 0.6 is 0 Å². The van der Waals surface area contributed by atoms with E-state index >= 15 is 0 Å². The van der Waals surface area contributed by atoms with Gasteiger partial charge in [0.15, 0.2) is 0 Å². The standard InChI is InChI=1S/C11H18O/c1-10(2)4-3-5-11(6-7-11)8-9-12/h4,9H,3,5-8H2,1-2H3. The largest absolute Gasteiger partial charge is 0.303 e. The van der Waals surface area contributed by atoms with Gasteiger partial charge in [-0.05, 0) is 44.9 Å². The van der Waals surface area contributed by atoms with Gasteiger partial charge in [-0.3, -0.25) is 0 Å². The van der Waals surface area contributed by atoms with E-state index in [9.17, 15) is 4.79 Å². The fraction of sp³-hybridized carbons (Fsp3) is 0.727. The molecule has 1 saturated carbocycles. The van der Waals surface area contributed by atoms with Crippen molar-refractivity contribution in [2.45, 2.75) is 46.0 Å². The van der Waals surface area contributed by atoms with E-state index in [2.05, 4.69) is 19.9 Å². The highest BCUT2D eigenvalue weighted by Crippen LogP contribution is 2.52. The Morgan fingerprint density at radius 3 is 2.50 bits per heavy atom. The number of allylic oxidation sites excluding steroid dienone is 2. The van der Waals surface area contributed by atoms with Crippen molar-refractivity contribution in [2.24, 2.45) is 5.41 Å².